The largest absolute Gasteiger partial charge is 0.465 e. The fraction of sp³-hybridized carbons (Fsp3) is 0.238. The fourth-order valence-electron chi connectivity index (χ4n) is 2.65. The highest BCUT2D eigenvalue weighted by Gasteiger charge is 2.30. The Morgan fingerprint density at radius 1 is 1.13 bits per heavy atom. The summed E-state index contributed by atoms with van der Waals surface area (Å²) >= 11 is 0. The molecule has 0 bridgehead atoms. The van der Waals surface area contributed by atoms with Crippen molar-refractivity contribution in [3.8, 4) is 0 Å². The zero-order valence-corrected chi connectivity index (χ0v) is 16.5. The van der Waals surface area contributed by atoms with Crippen LogP contribution in [0.1, 0.15) is 23.6 Å². The Kier molecular flexibility index (Phi) is 7.89. The summed E-state index contributed by atoms with van der Waals surface area (Å²) in [4.78, 5) is 36.1. The van der Waals surface area contributed by atoms with Crippen molar-refractivity contribution >= 4 is 23.6 Å². The molecule has 10 heteroatoms. The molecule has 1 amide bonds. The van der Waals surface area contributed by atoms with E-state index in [2.05, 4.69) is 0 Å². The minimum atomic E-state index is -4.49. The average molecular weight is 436 g/mol. The summed E-state index contributed by atoms with van der Waals surface area (Å²) < 4.78 is 43.0. The molecule has 0 N–H and O–H groups in total. The summed E-state index contributed by atoms with van der Waals surface area (Å²) in [5.41, 5.74) is -0.488. The van der Waals surface area contributed by atoms with Crippen LogP contribution in [-0.4, -0.2) is 34.9 Å². The molecule has 0 atom stereocenters. The van der Waals surface area contributed by atoms with Gasteiger partial charge in [0.05, 0.1) is 22.7 Å². The molecule has 0 unspecified atom stereocenters. The van der Waals surface area contributed by atoms with Gasteiger partial charge in [-0.25, -0.2) is 0 Å². The van der Waals surface area contributed by atoms with Crippen LogP contribution >= 0.6 is 0 Å². The van der Waals surface area contributed by atoms with Crippen LogP contribution in [0.25, 0.3) is 6.08 Å². The summed E-state index contributed by atoms with van der Waals surface area (Å²) in [6.07, 6.45) is -2.19. The van der Waals surface area contributed by atoms with Crippen LogP contribution in [0.5, 0.6) is 0 Å². The monoisotopic (exact) mass is 436 g/mol. The third-order valence-electron chi connectivity index (χ3n) is 4.13. The zero-order valence-electron chi connectivity index (χ0n) is 16.5. The van der Waals surface area contributed by atoms with E-state index in [0.29, 0.717) is 5.56 Å². The van der Waals surface area contributed by atoms with Crippen LogP contribution < -0.4 is 0 Å². The molecule has 0 saturated heterocycles. The third kappa shape index (κ3) is 6.95. The molecule has 2 aromatic rings. The van der Waals surface area contributed by atoms with E-state index in [-0.39, 0.29) is 24.4 Å². The summed E-state index contributed by atoms with van der Waals surface area (Å²) in [6.45, 7) is 1.09. The Morgan fingerprint density at radius 3 is 2.35 bits per heavy atom. The number of rotatable bonds is 8. The first kappa shape index (κ1) is 23.6. The predicted molar refractivity (Wildman–Crippen MR) is 106 cm³/mol. The lowest BCUT2D eigenvalue weighted by atomic mass is 10.1. The van der Waals surface area contributed by atoms with E-state index in [1.165, 1.54) is 36.4 Å². The maximum absolute atomic E-state index is 12.7. The molecule has 0 fully saturated rings. The van der Waals surface area contributed by atoms with E-state index in [0.717, 1.165) is 23.1 Å². The number of carbonyl (C=O) groups excluding carboxylic acids is 2. The second-order valence-corrected chi connectivity index (χ2v) is 6.34. The molecule has 0 spiro atoms. The highest BCUT2D eigenvalue weighted by atomic mass is 19.4. The SMILES string of the molecule is CCOC(=O)CN(Cc1ccc(C(F)(F)F)cc1)C(=O)/C=C/c1ccccc1[N+](=O)[O-]. The average Bonchev–Trinajstić information content (AvgIpc) is 2.71. The first-order valence-corrected chi connectivity index (χ1v) is 9.14. The number of esters is 1. The van der Waals surface area contributed by atoms with E-state index in [9.17, 15) is 32.9 Å². The van der Waals surface area contributed by atoms with Gasteiger partial charge in [0.2, 0.25) is 5.91 Å². The van der Waals surface area contributed by atoms with E-state index < -0.39 is 35.1 Å². The zero-order chi connectivity index (χ0) is 23.0. The normalized spacial score (nSPS) is 11.4. The fourth-order valence-corrected chi connectivity index (χ4v) is 2.65. The molecular formula is C21H19F3N2O5. The summed E-state index contributed by atoms with van der Waals surface area (Å²) in [7, 11) is 0. The molecule has 0 aliphatic carbocycles. The number of hydrogen-bond donors (Lipinski definition) is 0. The molecule has 0 aliphatic heterocycles. The Morgan fingerprint density at radius 2 is 1.77 bits per heavy atom. The quantitative estimate of drug-likeness (QED) is 0.268. The molecule has 0 saturated carbocycles. The molecule has 0 heterocycles. The number of hydrogen-bond acceptors (Lipinski definition) is 5. The molecule has 2 aromatic carbocycles. The Labute approximate surface area is 175 Å². The number of alkyl halides is 3. The molecular weight excluding hydrogens is 417 g/mol. The van der Waals surface area contributed by atoms with Gasteiger partial charge in [0.25, 0.3) is 5.69 Å². The minimum absolute atomic E-state index is 0.0905. The predicted octanol–water partition coefficient (Wildman–Crippen LogP) is 4.22. The smallest absolute Gasteiger partial charge is 0.416 e. The maximum Gasteiger partial charge on any atom is 0.416 e. The van der Waals surface area contributed by atoms with Gasteiger partial charge >= 0.3 is 12.1 Å². The second-order valence-electron chi connectivity index (χ2n) is 6.34. The van der Waals surface area contributed by atoms with Crippen molar-refractivity contribution in [2.24, 2.45) is 0 Å². The van der Waals surface area contributed by atoms with Crippen LogP contribution in [0.3, 0.4) is 0 Å². The van der Waals surface area contributed by atoms with Gasteiger partial charge in [-0.05, 0) is 36.8 Å². The minimum Gasteiger partial charge on any atom is -0.465 e. The van der Waals surface area contributed by atoms with E-state index in [1.54, 1.807) is 13.0 Å². The summed E-state index contributed by atoms with van der Waals surface area (Å²) in [6, 6.07) is 9.96. The van der Waals surface area contributed by atoms with Crippen LogP contribution in [0.2, 0.25) is 0 Å². The number of nitrogens with zero attached hydrogens (tertiary/aromatic N) is 2. The maximum atomic E-state index is 12.7. The van der Waals surface area contributed by atoms with Gasteiger partial charge in [-0.3, -0.25) is 19.7 Å². The lowest BCUT2D eigenvalue weighted by Crippen LogP contribution is -2.35. The number of ether oxygens (including phenoxy) is 1. The highest BCUT2D eigenvalue weighted by molar-refractivity contribution is 5.94. The lowest BCUT2D eigenvalue weighted by molar-refractivity contribution is -0.385. The van der Waals surface area contributed by atoms with Crippen molar-refractivity contribution in [2.75, 3.05) is 13.2 Å². The van der Waals surface area contributed by atoms with Crippen LogP contribution in [0.4, 0.5) is 18.9 Å². The Balaban J connectivity index is 2.23. The van der Waals surface area contributed by atoms with Crippen molar-refractivity contribution in [3.63, 3.8) is 0 Å². The standard InChI is InChI=1S/C21H19F3N2O5/c1-2-31-20(28)14-25(13-15-7-10-17(11-8-15)21(22,23)24)19(27)12-9-16-5-3-4-6-18(16)26(29)30/h3-12H,2,13-14H2,1H3/b12-9+. The topological polar surface area (TPSA) is 89.8 Å². The molecule has 164 valence electrons. The van der Waals surface area contributed by atoms with Crippen molar-refractivity contribution in [2.45, 2.75) is 19.6 Å². The van der Waals surface area contributed by atoms with Gasteiger partial charge < -0.3 is 9.64 Å². The van der Waals surface area contributed by atoms with Crippen LogP contribution in [0, 0.1) is 10.1 Å². The molecule has 31 heavy (non-hydrogen) atoms. The summed E-state index contributed by atoms with van der Waals surface area (Å²) in [5, 5.41) is 11.1. The van der Waals surface area contributed by atoms with Crippen molar-refractivity contribution in [3.05, 3.63) is 81.4 Å². The first-order chi connectivity index (χ1) is 14.6. The number of nitro groups is 1. The number of amides is 1. The van der Waals surface area contributed by atoms with Gasteiger partial charge in [-0.1, -0.05) is 24.3 Å². The number of benzene rings is 2. The van der Waals surface area contributed by atoms with E-state index in [1.807, 2.05) is 0 Å². The molecule has 0 aromatic heterocycles. The Hall–Kier alpha value is -3.69. The van der Waals surface area contributed by atoms with E-state index in [4.69, 9.17) is 4.74 Å². The highest BCUT2D eigenvalue weighted by Crippen LogP contribution is 2.29. The van der Waals surface area contributed by atoms with Crippen molar-refractivity contribution in [1.29, 1.82) is 0 Å². The molecule has 7 nitrogen and oxygen atoms in total. The Bertz CT molecular complexity index is 972. The summed E-state index contributed by atoms with van der Waals surface area (Å²) in [5.74, 6) is -1.35. The van der Waals surface area contributed by atoms with Gasteiger partial charge in [0, 0.05) is 18.7 Å². The van der Waals surface area contributed by atoms with Crippen LogP contribution in [-0.2, 0) is 27.0 Å². The van der Waals surface area contributed by atoms with Crippen molar-refractivity contribution < 1.29 is 32.4 Å². The number of halogens is 3. The first-order valence-electron chi connectivity index (χ1n) is 9.14. The molecule has 2 rings (SSSR count). The second kappa shape index (κ2) is 10.4. The van der Waals surface area contributed by atoms with E-state index >= 15 is 0 Å². The van der Waals surface area contributed by atoms with Gasteiger partial charge in [0.15, 0.2) is 0 Å². The lowest BCUT2D eigenvalue weighted by Gasteiger charge is -2.20. The third-order valence-corrected chi connectivity index (χ3v) is 4.13. The number of carbonyl (C=O) groups is 2. The van der Waals surface area contributed by atoms with Crippen molar-refractivity contribution in [1.82, 2.24) is 4.90 Å². The van der Waals surface area contributed by atoms with Gasteiger partial charge in [-0.15, -0.1) is 0 Å². The number of para-hydroxylation sites is 1. The molecule has 0 radical (unpaired) electrons. The van der Waals surface area contributed by atoms with Gasteiger partial charge in [0.1, 0.15) is 6.54 Å². The molecule has 0 aliphatic rings. The van der Waals surface area contributed by atoms with Crippen LogP contribution in [0.15, 0.2) is 54.6 Å². The van der Waals surface area contributed by atoms with Gasteiger partial charge in [-0.2, -0.15) is 13.2 Å². The number of nitro benzene ring substituents is 1.